The van der Waals surface area contributed by atoms with Gasteiger partial charge in [0.2, 0.25) is 5.91 Å². The van der Waals surface area contributed by atoms with E-state index in [1.165, 1.54) is 0 Å². The van der Waals surface area contributed by atoms with Crippen molar-refractivity contribution >= 4 is 29.2 Å². The number of ether oxygens (including phenoxy) is 2. The molecule has 2 aromatic rings. The number of hydrogen-bond acceptors (Lipinski definition) is 5. The summed E-state index contributed by atoms with van der Waals surface area (Å²) in [5.41, 5.74) is 2.58. The summed E-state index contributed by atoms with van der Waals surface area (Å²) in [7, 11) is 0. The molecule has 0 spiro atoms. The number of nitrogens with one attached hydrogen (secondary N) is 1. The zero-order valence-electron chi connectivity index (χ0n) is 17.3. The summed E-state index contributed by atoms with van der Waals surface area (Å²) in [4.78, 5) is 38.4. The highest BCUT2D eigenvalue weighted by molar-refractivity contribution is 5.99. The molecule has 1 aliphatic heterocycles. The first kappa shape index (κ1) is 21.4. The molecule has 0 aromatic heterocycles. The van der Waals surface area contributed by atoms with Crippen molar-refractivity contribution in [3.63, 3.8) is 0 Å². The lowest BCUT2D eigenvalue weighted by Crippen LogP contribution is -2.40. The Morgan fingerprint density at radius 1 is 1.20 bits per heavy atom. The largest absolute Gasteiger partial charge is 0.482 e. The van der Waals surface area contributed by atoms with Crippen LogP contribution in [-0.4, -0.2) is 37.5 Å². The Morgan fingerprint density at radius 3 is 2.83 bits per heavy atom. The van der Waals surface area contributed by atoms with Gasteiger partial charge in [-0.05, 0) is 49.2 Å². The van der Waals surface area contributed by atoms with Crippen molar-refractivity contribution in [2.45, 2.75) is 33.1 Å². The zero-order chi connectivity index (χ0) is 21.5. The fraction of sp³-hybridized carbons (Fsp3) is 0.348. The van der Waals surface area contributed by atoms with E-state index in [4.69, 9.17) is 9.47 Å². The molecule has 0 fully saturated rings. The molecule has 0 atom stereocenters. The highest BCUT2D eigenvalue weighted by Gasteiger charge is 2.25. The quantitative estimate of drug-likeness (QED) is 0.530. The van der Waals surface area contributed by atoms with Gasteiger partial charge in [0, 0.05) is 18.7 Å². The minimum atomic E-state index is -0.412. The zero-order valence-corrected chi connectivity index (χ0v) is 17.3. The Kier molecular flexibility index (Phi) is 7.06. The van der Waals surface area contributed by atoms with Crippen molar-refractivity contribution < 1.29 is 23.9 Å². The van der Waals surface area contributed by atoms with E-state index in [1.54, 1.807) is 29.2 Å². The summed E-state index contributed by atoms with van der Waals surface area (Å²) in [6.45, 7) is 4.53. The normalized spacial score (nSPS) is 12.7. The average molecular weight is 410 g/mol. The van der Waals surface area contributed by atoms with Crippen LogP contribution in [0.25, 0.3) is 0 Å². The molecule has 0 unspecified atom stereocenters. The molecule has 30 heavy (non-hydrogen) atoms. The topological polar surface area (TPSA) is 84.9 Å². The van der Waals surface area contributed by atoms with Crippen LogP contribution < -0.4 is 15.0 Å². The number of benzene rings is 2. The molecule has 0 saturated heterocycles. The summed E-state index contributed by atoms with van der Waals surface area (Å²) in [5, 5.41) is 2.78. The van der Waals surface area contributed by atoms with Crippen molar-refractivity contribution in [2.75, 3.05) is 30.0 Å². The molecule has 0 saturated carbocycles. The van der Waals surface area contributed by atoms with Gasteiger partial charge in [0.15, 0.2) is 6.61 Å². The Balaban J connectivity index is 1.59. The number of anilines is 2. The number of unbranched alkanes of at least 4 members (excludes halogenated alkanes) is 1. The van der Waals surface area contributed by atoms with Crippen LogP contribution in [-0.2, 0) is 14.3 Å². The Bertz CT molecular complexity index is 941. The summed E-state index contributed by atoms with van der Waals surface area (Å²) < 4.78 is 10.7. The molecule has 158 valence electrons. The molecule has 7 nitrogen and oxygen atoms in total. The highest BCUT2D eigenvalue weighted by atomic mass is 16.5. The number of rotatable bonds is 8. The number of hydrogen-bond donors (Lipinski definition) is 1. The third-order valence-corrected chi connectivity index (χ3v) is 4.73. The minimum absolute atomic E-state index is 0.0418. The first-order chi connectivity index (χ1) is 14.5. The number of carbonyl (C=O) groups is 3. The van der Waals surface area contributed by atoms with Crippen molar-refractivity contribution in [3.8, 4) is 5.75 Å². The molecule has 2 aromatic carbocycles. The first-order valence-electron chi connectivity index (χ1n) is 10.1. The molecule has 1 aliphatic rings. The molecule has 1 heterocycles. The standard InChI is InChI=1S/C23H26N2O5/c1-3-4-12-29-23(28)17-6-5-7-18(14-17)24-21(26)10-11-25-19-13-16(2)8-9-20(19)30-15-22(25)27/h5-9,13-14H,3-4,10-12,15H2,1-2H3,(H,24,26). The fourth-order valence-electron chi connectivity index (χ4n) is 3.11. The molecule has 0 radical (unpaired) electrons. The Morgan fingerprint density at radius 2 is 2.03 bits per heavy atom. The molecule has 0 bridgehead atoms. The smallest absolute Gasteiger partial charge is 0.338 e. The van der Waals surface area contributed by atoms with Crippen LogP contribution in [0.5, 0.6) is 5.75 Å². The van der Waals surface area contributed by atoms with Gasteiger partial charge in [-0.2, -0.15) is 0 Å². The van der Waals surface area contributed by atoms with Crippen molar-refractivity contribution in [3.05, 3.63) is 53.6 Å². The van der Waals surface area contributed by atoms with Crippen LogP contribution in [0.4, 0.5) is 11.4 Å². The molecule has 3 rings (SSSR count). The monoisotopic (exact) mass is 410 g/mol. The van der Waals surface area contributed by atoms with E-state index < -0.39 is 5.97 Å². The Labute approximate surface area is 176 Å². The number of esters is 1. The third-order valence-electron chi connectivity index (χ3n) is 4.73. The van der Waals surface area contributed by atoms with E-state index in [2.05, 4.69) is 5.32 Å². The van der Waals surface area contributed by atoms with Gasteiger partial charge >= 0.3 is 5.97 Å². The molecule has 2 amide bonds. The van der Waals surface area contributed by atoms with Crippen LogP contribution in [0.3, 0.4) is 0 Å². The summed E-state index contributed by atoms with van der Waals surface area (Å²) in [6, 6.07) is 12.3. The van der Waals surface area contributed by atoms with Crippen LogP contribution >= 0.6 is 0 Å². The van der Waals surface area contributed by atoms with Gasteiger partial charge in [-0.15, -0.1) is 0 Å². The third kappa shape index (κ3) is 5.37. The number of carbonyl (C=O) groups excluding carboxylic acids is 3. The van der Waals surface area contributed by atoms with Gasteiger partial charge in [-0.25, -0.2) is 4.79 Å². The van der Waals surface area contributed by atoms with Crippen LogP contribution in [0, 0.1) is 6.92 Å². The number of nitrogens with zero attached hydrogens (tertiary/aromatic N) is 1. The van der Waals surface area contributed by atoms with E-state index in [1.807, 2.05) is 32.0 Å². The Hall–Kier alpha value is -3.35. The van der Waals surface area contributed by atoms with E-state index >= 15 is 0 Å². The van der Waals surface area contributed by atoms with Crippen LogP contribution in [0.2, 0.25) is 0 Å². The summed E-state index contributed by atoms with van der Waals surface area (Å²) in [6.07, 6.45) is 1.87. The molecular weight excluding hydrogens is 384 g/mol. The van der Waals surface area contributed by atoms with Gasteiger partial charge in [0.05, 0.1) is 17.9 Å². The number of aryl methyl sites for hydroxylation is 1. The first-order valence-corrected chi connectivity index (χ1v) is 10.1. The van der Waals surface area contributed by atoms with Gasteiger partial charge in [-0.1, -0.05) is 25.5 Å². The van der Waals surface area contributed by atoms with Crippen molar-refractivity contribution in [1.82, 2.24) is 0 Å². The van der Waals surface area contributed by atoms with E-state index in [0.29, 0.717) is 29.3 Å². The van der Waals surface area contributed by atoms with Gasteiger partial charge in [0.1, 0.15) is 5.75 Å². The fourth-order valence-corrected chi connectivity index (χ4v) is 3.11. The SMILES string of the molecule is CCCCOC(=O)c1cccc(NC(=O)CCN2C(=O)COc3ccc(C)cc32)c1. The number of amides is 2. The molecule has 0 aliphatic carbocycles. The van der Waals surface area contributed by atoms with Gasteiger partial charge in [0.25, 0.3) is 5.91 Å². The molecular formula is C23H26N2O5. The van der Waals surface area contributed by atoms with Gasteiger partial charge < -0.3 is 19.7 Å². The van der Waals surface area contributed by atoms with Crippen LogP contribution in [0.1, 0.15) is 42.1 Å². The molecule has 7 heteroatoms. The minimum Gasteiger partial charge on any atom is -0.482 e. The predicted octanol–water partition coefficient (Wildman–Crippen LogP) is 3.71. The maximum absolute atomic E-state index is 12.4. The molecule has 1 N–H and O–H groups in total. The second kappa shape index (κ2) is 9.91. The van der Waals surface area contributed by atoms with E-state index in [9.17, 15) is 14.4 Å². The predicted molar refractivity (Wildman–Crippen MR) is 114 cm³/mol. The lowest BCUT2D eigenvalue weighted by molar-refractivity contribution is -0.121. The summed E-state index contributed by atoms with van der Waals surface area (Å²) in [5.74, 6) is -0.210. The lowest BCUT2D eigenvalue weighted by atomic mass is 10.1. The number of fused-ring (bicyclic) bond motifs is 1. The summed E-state index contributed by atoms with van der Waals surface area (Å²) >= 11 is 0. The average Bonchev–Trinajstić information content (AvgIpc) is 2.73. The lowest BCUT2D eigenvalue weighted by Gasteiger charge is -2.29. The highest BCUT2D eigenvalue weighted by Crippen LogP contribution is 2.32. The van der Waals surface area contributed by atoms with Crippen LogP contribution in [0.15, 0.2) is 42.5 Å². The van der Waals surface area contributed by atoms with Gasteiger partial charge in [-0.3, -0.25) is 9.59 Å². The van der Waals surface area contributed by atoms with Crippen molar-refractivity contribution in [2.24, 2.45) is 0 Å². The van der Waals surface area contributed by atoms with E-state index in [-0.39, 0.29) is 31.4 Å². The van der Waals surface area contributed by atoms with Crippen molar-refractivity contribution in [1.29, 1.82) is 0 Å². The second-order valence-corrected chi connectivity index (χ2v) is 7.17. The second-order valence-electron chi connectivity index (χ2n) is 7.17. The maximum Gasteiger partial charge on any atom is 0.338 e. The maximum atomic E-state index is 12.4. The van der Waals surface area contributed by atoms with E-state index in [0.717, 1.165) is 18.4 Å².